The van der Waals surface area contributed by atoms with Crippen molar-refractivity contribution in [3.05, 3.63) is 12.7 Å². The van der Waals surface area contributed by atoms with Crippen LogP contribution in [0.2, 0.25) is 0 Å². The molecule has 0 amide bonds. The van der Waals surface area contributed by atoms with Gasteiger partial charge in [0, 0.05) is 13.1 Å². The Morgan fingerprint density at radius 3 is 2.71 bits per heavy atom. The zero-order valence-corrected chi connectivity index (χ0v) is 15.9. The molecule has 4 heterocycles. The van der Waals surface area contributed by atoms with Crippen LogP contribution in [0, 0.1) is 0 Å². The van der Waals surface area contributed by atoms with Crippen molar-refractivity contribution in [1.82, 2.24) is 24.2 Å². The third-order valence-corrected chi connectivity index (χ3v) is 6.70. The maximum Gasteiger partial charge on any atom is 0.405 e. The fraction of sp³-hybridized carbons (Fsp3) is 0.667. The first-order valence-corrected chi connectivity index (χ1v) is 10.6. The molecule has 12 nitrogen and oxygen atoms in total. The molecule has 0 aliphatic carbocycles. The SMILES string of the molecule is Nc1ncnc2c1ncn2[C@@H]1O[C@H](COP(=O)(O)N2CCCCC2)[C@@H](O)[C@H]1O. The molecule has 5 atom stereocenters. The Balaban J connectivity index is 1.47. The molecule has 2 aromatic rings. The Hall–Kier alpha value is -1.66. The molecule has 0 aromatic carbocycles. The van der Waals surface area contributed by atoms with Crippen LogP contribution in [0.15, 0.2) is 12.7 Å². The van der Waals surface area contributed by atoms with Gasteiger partial charge in [0.15, 0.2) is 17.7 Å². The summed E-state index contributed by atoms with van der Waals surface area (Å²) in [4.78, 5) is 22.2. The van der Waals surface area contributed by atoms with Gasteiger partial charge in [-0.25, -0.2) is 24.2 Å². The quantitative estimate of drug-likeness (QED) is 0.471. The van der Waals surface area contributed by atoms with E-state index in [0.717, 1.165) is 19.3 Å². The van der Waals surface area contributed by atoms with Gasteiger partial charge in [0.05, 0.1) is 12.9 Å². The zero-order valence-electron chi connectivity index (χ0n) is 15.0. The lowest BCUT2D eigenvalue weighted by Crippen LogP contribution is -2.35. The third-order valence-electron chi connectivity index (χ3n) is 5.10. The largest absolute Gasteiger partial charge is 0.405 e. The first-order chi connectivity index (χ1) is 13.4. The number of hydrogen-bond donors (Lipinski definition) is 4. The highest BCUT2D eigenvalue weighted by Gasteiger charge is 2.45. The van der Waals surface area contributed by atoms with Gasteiger partial charge in [-0.3, -0.25) is 9.09 Å². The van der Waals surface area contributed by atoms with Gasteiger partial charge in [-0.2, -0.15) is 0 Å². The summed E-state index contributed by atoms with van der Waals surface area (Å²) in [5.74, 6) is 0.180. The summed E-state index contributed by atoms with van der Waals surface area (Å²) in [5.41, 5.74) is 6.44. The highest BCUT2D eigenvalue weighted by molar-refractivity contribution is 7.50. The van der Waals surface area contributed by atoms with E-state index in [0.29, 0.717) is 24.3 Å². The number of imidazole rings is 1. The smallest absolute Gasteiger partial charge is 0.387 e. The van der Waals surface area contributed by atoms with E-state index in [9.17, 15) is 19.7 Å². The second-order valence-electron chi connectivity index (χ2n) is 6.93. The molecule has 2 aliphatic rings. The molecular formula is C15H23N6O6P. The summed E-state index contributed by atoms with van der Waals surface area (Å²) >= 11 is 0. The fourth-order valence-corrected chi connectivity index (χ4v) is 4.83. The van der Waals surface area contributed by atoms with Crippen molar-refractivity contribution < 1.29 is 28.9 Å². The Morgan fingerprint density at radius 1 is 1.21 bits per heavy atom. The molecule has 13 heteroatoms. The van der Waals surface area contributed by atoms with E-state index in [1.807, 2.05) is 0 Å². The normalized spacial score (nSPS) is 31.2. The molecule has 4 rings (SSSR count). The molecular weight excluding hydrogens is 391 g/mol. The first-order valence-electron chi connectivity index (χ1n) is 9.06. The van der Waals surface area contributed by atoms with E-state index in [2.05, 4.69) is 15.0 Å². The van der Waals surface area contributed by atoms with Crippen molar-refractivity contribution in [1.29, 1.82) is 0 Å². The van der Waals surface area contributed by atoms with E-state index in [1.54, 1.807) is 0 Å². The number of aliphatic hydroxyl groups excluding tert-OH is 2. The molecule has 2 aliphatic heterocycles. The minimum absolute atomic E-state index is 0.180. The molecule has 2 fully saturated rings. The van der Waals surface area contributed by atoms with Gasteiger partial charge in [0.1, 0.15) is 30.2 Å². The first kappa shape index (κ1) is 19.6. The molecule has 2 saturated heterocycles. The molecule has 5 N–H and O–H groups in total. The van der Waals surface area contributed by atoms with Gasteiger partial charge >= 0.3 is 7.75 Å². The molecule has 154 valence electrons. The van der Waals surface area contributed by atoms with Crippen molar-refractivity contribution >= 4 is 24.7 Å². The van der Waals surface area contributed by atoms with Gasteiger partial charge in [0.25, 0.3) is 0 Å². The summed E-state index contributed by atoms with van der Waals surface area (Å²) < 4.78 is 26.2. The van der Waals surface area contributed by atoms with Crippen LogP contribution in [-0.4, -0.2) is 77.3 Å². The maximum atomic E-state index is 12.4. The van der Waals surface area contributed by atoms with E-state index < -0.39 is 32.3 Å². The minimum Gasteiger partial charge on any atom is -0.387 e. The number of rotatable bonds is 5. The monoisotopic (exact) mass is 414 g/mol. The highest BCUT2D eigenvalue weighted by Crippen LogP contribution is 2.48. The molecule has 0 radical (unpaired) electrons. The number of nitrogens with two attached hydrogens (primary N) is 1. The number of aromatic nitrogens is 4. The van der Waals surface area contributed by atoms with Crippen LogP contribution in [0.4, 0.5) is 5.82 Å². The molecule has 0 saturated carbocycles. The Morgan fingerprint density at radius 2 is 1.96 bits per heavy atom. The predicted octanol–water partition coefficient (Wildman–Crippen LogP) is -0.369. The second kappa shape index (κ2) is 7.64. The van der Waals surface area contributed by atoms with Crippen molar-refractivity contribution in [2.24, 2.45) is 0 Å². The van der Waals surface area contributed by atoms with Crippen molar-refractivity contribution in [3.63, 3.8) is 0 Å². The number of fused-ring (bicyclic) bond motifs is 1. The lowest BCUT2D eigenvalue weighted by Gasteiger charge is -2.30. The topological polar surface area (TPSA) is 169 Å². The van der Waals surface area contributed by atoms with Crippen molar-refractivity contribution in [2.75, 3.05) is 25.4 Å². The van der Waals surface area contributed by atoms with Gasteiger partial charge < -0.3 is 25.6 Å². The van der Waals surface area contributed by atoms with Crippen LogP contribution in [0.25, 0.3) is 11.2 Å². The van der Waals surface area contributed by atoms with Crippen LogP contribution in [0.3, 0.4) is 0 Å². The van der Waals surface area contributed by atoms with Gasteiger partial charge in [-0.15, -0.1) is 0 Å². The van der Waals surface area contributed by atoms with Gasteiger partial charge in [0.2, 0.25) is 0 Å². The predicted molar refractivity (Wildman–Crippen MR) is 96.9 cm³/mol. The number of ether oxygens (including phenoxy) is 1. The van der Waals surface area contributed by atoms with Gasteiger partial charge in [-0.1, -0.05) is 6.42 Å². The van der Waals surface area contributed by atoms with Crippen LogP contribution in [0.1, 0.15) is 25.5 Å². The van der Waals surface area contributed by atoms with E-state index in [1.165, 1.54) is 21.9 Å². The number of aliphatic hydroxyl groups is 2. The molecule has 2 aromatic heterocycles. The number of nitrogens with zero attached hydrogens (tertiary/aromatic N) is 5. The average molecular weight is 414 g/mol. The van der Waals surface area contributed by atoms with Gasteiger partial charge in [-0.05, 0) is 12.8 Å². The van der Waals surface area contributed by atoms with E-state index in [4.69, 9.17) is 15.0 Å². The summed E-state index contributed by atoms with van der Waals surface area (Å²) in [7, 11) is -3.99. The average Bonchev–Trinajstić information content (AvgIpc) is 3.24. The fourth-order valence-electron chi connectivity index (χ4n) is 3.54. The second-order valence-corrected chi connectivity index (χ2v) is 8.73. The van der Waals surface area contributed by atoms with Crippen LogP contribution < -0.4 is 5.73 Å². The molecule has 0 spiro atoms. The summed E-state index contributed by atoms with van der Waals surface area (Å²) in [6.45, 7) is 0.618. The molecule has 1 unspecified atom stereocenters. The Bertz CT molecular complexity index is 889. The van der Waals surface area contributed by atoms with Crippen molar-refractivity contribution in [3.8, 4) is 0 Å². The maximum absolute atomic E-state index is 12.4. The third kappa shape index (κ3) is 3.52. The zero-order chi connectivity index (χ0) is 19.9. The summed E-state index contributed by atoms with van der Waals surface area (Å²) in [6.07, 6.45) is 0.684. The molecule has 0 bridgehead atoms. The van der Waals surface area contributed by atoms with E-state index in [-0.39, 0.29) is 12.4 Å². The van der Waals surface area contributed by atoms with Crippen LogP contribution in [-0.2, 0) is 13.8 Å². The summed E-state index contributed by atoms with van der Waals surface area (Å²) in [5, 5.41) is 20.7. The highest BCUT2D eigenvalue weighted by atomic mass is 31.2. The number of nitrogen functional groups attached to an aromatic ring is 1. The van der Waals surface area contributed by atoms with Crippen LogP contribution >= 0.6 is 7.75 Å². The molecule has 28 heavy (non-hydrogen) atoms. The van der Waals surface area contributed by atoms with Crippen molar-refractivity contribution in [2.45, 2.75) is 43.8 Å². The lowest BCUT2D eigenvalue weighted by atomic mass is 10.1. The van der Waals surface area contributed by atoms with E-state index >= 15 is 0 Å². The minimum atomic E-state index is -3.99. The summed E-state index contributed by atoms with van der Waals surface area (Å²) in [6, 6.07) is 0. The lowest BCUT2D eigenvalue weighted by molar-refractivity contribution is -0.0499. The number of anilines is 1. The Labute approximate surface area is 160 Å². The van der Waals surface area contributed by atoms with Crippen LogP contribution in [0.5, 0.6) is 0 Å². The number of hydrogen-bond acceptors (Lipinski definition) is 9. The standard InChI is InChI=1S/C15H23N6O6P/c16-13-10-14(18-7-17-13)21(8-19-10)15-12(23)11(22)9(27-15)6-26-28(24,25)20-4-2-1-3-5-20/h7-9,11-12,15,22-23H,1-6H2,(H,24,25)(H2,16,17,18)/t9-,11-,12-,15-/m1/s1. The Kier molecular flexibility index (Phi) is 5.36. The number of piperidine rings is 1.